The van der Waals surface area contributed by atoms with Crippen LogP contribution in [0.4, 0.5) is 0 Å². The van der Waals surface area contributed by atoms with Crippen LogP contribution >= 0.6 is 24.0 Å². The lowest BCUT2D eigenvalue weighted by molar-refractivity contribution is 0.152. The largest absolute Gasteiger partial charge is 0.491 e. The number of guanidine groups is 1. The van der Waals surface area contributed by atoms with Gasteiger partial charge in [-0.15, -0.1) is 24.0 Å². The Morgan fingerprint density at radius 3 is 2.27 bits per heavy atom. The molecule has 0 aliphatic rings. The van der Waals surface area contributed by atoms with Crippen LogP contribution in [-0.2, 0) is 4.74 Å². The first-order valence-electron chi connectivity index (χ1n) is 8.64. The van der Waals surface area contributed by atoms with Crippen LogP contribution in [0.25, 0.3) is 11.1 Å². The average Bonchev–Trinajstić information content (AvgIpc) is 2.68. The molecule has 0 fully saturated rings. The smallest absolute Gasteiger partial charge is 0.191 e. The molecule has 0 aliphatic carbocycles. The third-order valence-electron chi connectivity index (χ3n) is 3.59. The number of hydrogen-bond acceptors (Lipinski definition) is 3. The van der Waals surface area contributed by atoms with Gasteiger partial charge in [0.05, 0.1) is 13.2 Å². The second-order valence-corrected chi connectivity index (χ2v) is 5.33. The summed E-state index contributed by atoms with van der Waals surface area (Å²) < 4.78 is 11.3. The van der Waals surface area contributed by atoms with Crippen LogP contribution in [0.5, 0.6) is 5.75 Å². The lowest BCUT2D eigenvalue weighted by Crippen LogP contribution is -2.40. The van der Waals surface area contributed by atoms with Crippen molar-refractivity contribution in [3.05, 3.63) is 54.6 Å². The van der Waals surface area contributed by atoms with E-state index in [2.05, 4.69) is 33.8 Å². The van der Waals surface area contributed by atoms with Crippen molar-refractivity contribution in [1.82, 2.24) is 10.6 Å². The molecular formula is C20H28IN3O2. The van der Waals surface area contributed by atoms with E-state index >= 15 is 0 Å². The maximum atomic E-state index is 5.96. The van der Waals surface area contributed by atoms with Gasteiger partial charge in [-0.2, -0.15) is 0 Å². The Kier molecular flexibility index (Phi) is 11.5. The van der Waals surface area contributed by atoms with Crippen molar-refractivity contribution in [2.45, 2.75) is 6.92 Å². The highest BCUT2D eigenvalue weighted by Gasteiger charge is 2.05. The van der Waals surface area contributed by atoms with E-state index in [1.54, 1.807) is 7.05 Å². The first-order valence-corrected chi connectivity index (χ1v) is 8.64. The molecule has 0 aliphatic heterocycles. The van der Waals surface area contributed by atoms with Crippen molar-refractivity contribution < 1.29 is 9.47 Å². The normalized spacial score (nSPS) is 10.8. The van der Waals surface area contributed by atoms with Gasteiger partial charge in [-0.25, -0.2) is 0 Å². The molecule has 0 unspecified atom stereocenters. The van der Waals surface area contributed by atoms with E-state index < -0.39 is 0 Å². The van der Waals surface area contributed by atoms with Gasteiger partial charge >= 0.3 is 0 Å². The number of hydrogen-bond donors (Lipinski definition) is 2. The summed E-state index contributed by atoms with van der Waals surface area (Å²) in [6, 6.07) is 18.3. The van der Waals surface area contributed by atoms with Gasteiger partial charge in [-0.3, -0.25) is 4.99 Å². The summed E-state index contributed by atoms with van der Waals surface area (Å²) >= 11 is 0. The highest BCUT2D eigenvalue weighted by molar-refractivity contribution is 14.0. The predicted octanol–water partition coefficient (Wildman–Crippen LogP) is 3.55. The number of para-hydroxylation sites is 1. The number of halogens is 1. The zero-order valence-electron chi connectivity index (χ0n) is 15.4. The fourth-order valence-electron chi connectivity index (χ4n) is 2.39. The van der Waals surface area contributed by atoms with Crippen LogP contribution in [0.2, 0.25) is 0 Å². The molecule has 0 radical (unpaired) electrons. The minimum absolute atomic E-state index is 0. The Morgan fingerprint density at radius 1 is 0.923 bits per heavy atom. The number of nitrogens with zero attached hydrogens (tertiary/aromatic N) is 1. The Labute approximate surface area is 173 Å². The van der Waals surface area contributed by atoms with Gasteiger partial charge in [-0.1, -0.05) is 48.5 Å². The Bertz CT molecular complexity index is 651. The molecule has 6 heteroatoms. The Hall–Kier alpha value is -1.80. The standard InChI is InChI=1S/C20H27N3O2.HI/c1-3-24-15-13-22-20(21-2)23-14-16-25-19-12-8-7-11-18(19)17-9-5-4-6-10-17;/h4-12H,3,13-16H2,1-2H3,(H2,21,22,23);1H. The molecule has 2 N–H and O–H groups in total. The van der Waals surface area contributed by atoms with E-state index in [4.69, 9.17) is 9.47 Å². The van der Waals surface area contributed by atoms with Crippen LogP contribution in [0.1, 0.15) is 6.92 Å². The van der Waals surface area contributed by atoms with Gasteiger partial charge in [-0.05, 0) is 18.6 Å². The van der Waals surface area contributed by atoms with Crippen LogP contribution in [-0.4, -0.2) is 45.9 Å². The van der Waals surface area contributed by atoms with E-state index in [0.29, 0.717) is 19.8 Å². The van der Waals surface area contributed by atoms with Gasteiger partial charge in [0.1, 0.15) is 12.4 Å². The molecular weight excluding hydrogens is 441 g/mol. The highest BCUT2D eigenvalue weighted by atomic mass is 127. The molecule has 5 nitrogen and oxygen atoms in total. The predicted molar refractivity (Wildman–Crippen MR) is 119 cm³/mol. The van der Waals surface area contributed by atoms with Crippen molar-refractivity contribution in [3.8, 4) is 16.9 Å². The monoisotopic (exact) mass is 469 g/mol. The summed E-state index contributed by atoms with van der Waals surface area (Å²) in [4.78, 5) is 4.18. The maximum absolute atomic E-state index is 5.96. The van der Waals surface area contributed by atoms with Gasteiger partial charge < -0.3 is 20.1 Å². The molecule has 26 heavy (non-hydrogen) atoms. The van der Waals surface area contributed by atoms with Crippen LogP contribution in [0.15, 0.2) is 59.6 Å². The minimum Gasteiger partial charge on any atom is -0.491 e. The Balaban J connectivity index is 0.00000338. The fraction of sp³-hybridized carbons (Fsp3) is 0.350. The van der Waals surface area contributed by atoms with Crippen molar-refractivity contribution in [2.24, 2.45) is 4.99 Å². The van der Waals surface area contributed by atoms with Gasteiger partial charge in [0.2, 0.25) is 0 Å². The number of nitrogens with one attached hydrogen (secondary N) is 2. The van der Waals surface area contributed by atoms with Gasteiger partial charge in [0.25, 0.3) is 0 Å². The van der Waals surface area contributed by atoms with E-state index in [-0.39, 0.29) is 24.0 Å². The first-order chi connectivity index (χ1) is 12.3. The van der Waals surface area contributed by atoms with Crippen molar-refractivity contribution in [2.75, 3.05) is 40.0 Å². The molecule has 0 heterocycles. The molecule has 0 saturated carbocycles. The number of ether oxygens (including phenoxy) is 2. The average molecular weight is 469 g/mol. The van der Waals surface area contributed by atoms with E-state index in [1.165, 1.54) is 0 Å². The topological polar surface area (TPSA) is 54.9 Å². The third-order valence-corrected chi connectivity index (χ3v) is 3.59. The number of rotatable bonds is 9. The van der Waals surface area contributed by atoms with Gasteiger partial charge in [0, 0.05) is 25.8 Å². The fourth-order valence-corrected chi connectivity index (χ4v) is 2.39. The van der Waals surface area contributed by atoms with E-state index in [0.717, 1.165) is 36.0 Å². The molecule has 0 spiro atoms. The van der Waals surface area contributed by atoms with Crippen molar-refractivity contribution in [1.29, 1.82) is 0 Å². The van der Waals surface area contributed by atoms with Crippen molar-refractivity contribution >= 4 is 29.9 Å². The number of aliphatic imine (C=N–C) groups is 1. The molecule has 2 aromatic rings. The highest BCUT2D eigenvalue weighted by Crippen LogP contribution is 2.29. The molecule has 2 rings (SSSR count). The molecule has 0 atom stereocenters. The molecule has 0 bridgehead atoms. The zero-order valence-corrected chi connectivity index (χ0v) is 17.7. The molecule has 0 saturated heterocycles. The third kappa shape index (κ3) is 7.61. The summed E-state index contributed by atoms with van der Waals surface area (Å²) in [7, 11) is 1.75. The maximum Gasteiger partial charge on any atom is 0.191 e. The SMILES string of the molecule is CCOCCNC(=NC)NCCOc1ccccc1-c1ccccc1.I. The lowest BCUT2D eigenvalue weighted by atomic mass is 10.1. The summed E-state index contributed by atoms with van der Waals surface area (Å²) in [5, 5.41) is 6.43. The molecule has 142 valence electrons. The van der Waals surface area contributed by atoms with E-state index in [9.17, 15) is 0 Å². The minimum atomic E-state index is 0. The van der Waals surface area contributed by atoms with Crippen molar-refractivity contribution in [3.63, 3.8) is 0 Å². The molecule has 2 aromatic carbocycles. The van der Waals surface area contributed by atoms with Crippen LogP contribution in [0, 0.1) is 0 Å². The summed E-state index contributed by atoms with van der Waals surface area (Å²) in [6.07, 6.45) is 0. The quantitative estimate of drug-likeness (QED) is 0.255. The van der Waals surface area contributed by atoms with Crippen LogP contribution < -0.4 is 15.4 Å². The lowest BCUT2D eigenvalue weighted by Gasteiger charge is -2.14. The van der Waals surface area contributed by atoms with E-state index in [1.807, 2.05) is 43.3 Å². The first kappa shape index (κ1) is 22.2. The molecule has 0 aromatic heterocycles. The van der Waals surface area contributed by atoms with Gasteiger partial charge in [0.15, 0.2) is 5.96 Å². The zero-order chi connectivity index (χ0) is 17.7. The molecule has 0 amide bonds. The number of benzene rings is 2. The summed E-state index contributed by atoms with van der Waals surface area (Å²) in [6.45, 7) is 5.32. The second kappa shape index (κ2) is 13.4. The second-order valence-electron chi connectivity index (χ2n) is 5.33. The summed E-state index contributed by atoms with van der Waals surface area (Å²) in [5.74, 6) is 1.63. The van der Waals surface area contributed by atoms with Crippen LogP contribution in [0.3, 0.4) is 0 Å². The summed E-state index contributed by atoms with van der Waals surface area (Å²) in [5.41, 5.74) is 2.25. The Morgan fingerprint density at radius 2 is 1.58 bits per heavy atom.